The molecule has 0 saturated carbocycles. The molecule has 0 aliphatic carbocycles. The Hall–Kier alpha value is -3.19. The van der Waals surface area contributed by atoms with Crippen molar-refractivity contribution in [3.8, 4) is 34.3 Å². The number of rotatable bonds is 4. The Morgan fingerprint density at radius 1 is 1.11 bits per heavy atom. The van der Waals surface area contributed by atoms with Crippen molar-refractivity contribution in [2.24, 2.45) is 0 Å². The van der Waals surface area contributed by atoms with Gasteiger partial charge in [-0.3, -0.25) is 0 Å². The van der Waals surface area contributed by atoms with Gasteiger partial charge in [0.15, 0.2) is 0 Å². The second-order valence-electron chi connectivity index (χ2n) is 5.79. The van der Waals surface area contributed by atoms with Gasteiger partial charge in [0.2, 0.25) is 5.89 Å². The van der Waals surface area contributed by atoms with Gasteiger partial charge in [-0.1, -0.05) is 17.7 Å². The first-order valence-corrected chi connectivity index (χ1v) is 8.43. The van der Waals surface area contributed by atoms with Gasteiger partial charge in [0, 0.05) is 10.6 Å². The summed E-state index contributed by atoms with van der Waals surface area (Å²) in [5, 5.41) is 13.0. The second-order valence-corrected chi connectivity index (χ2v) is 6.23. The van der Waals surface area contributed by atoms with E-state index in [1.165, 1.54) is 12.1 Å². The van der Waals surface area contributed by atoms with E-state index in [1.54, 1.807) is 48.3 Å². The number of hydrogen-bond acceptors (Lipinski definition) is 5. The predicted octanol–water partition coefficient (Wildman–Crippen LogP) is 4.70. The van der Waals surface area contributed by atoms with Gasteiger partial charge in [-0.2, -0.15) is 5.10 Å². The fourth-order valence-corrected chi connectivity index (χ4v) is 2.93. The maximum atomic E-state index is 13.4. The molecule has 2 aromatic carbocycles. The van der Waals surface area contributed by atoms with Crippen molar-refractivity contribution < 1.29 is 13.5 Å². The molecule has 0 N–H and O–H groups in total. The van der Waals surface area contributed by atoms with Gasteiger partial charge in [0.25, 0.3) is 5.89 Å². The van der Waals surface area contributed by atoms with Crippen LogP contribution < -0.4 is 4.74 Å². The first-order chi connectivity index (χ1) is 13.1. The Balaban J connectivity index is 1.75. The Morgan fingerprint density at radius 3 is 2.70 bits per heavy atom. The summed E-state index contributed by atoms with van der Waals surface area (Å²) in [4.78, 5) is 0. The topological polar surface area (TPSA) is 66.0 Å². The normalized spacial score (nSPS) is 11.0. The van der Waals surface area contributed by atoms with E-state index < -0.39 is 0 Å². The van der Waals surface area contributed by atoms with Crippen molar-refractivity contribution in [2.45, 2.75) is 6.92 Å². The van der Waals surface area contributed by atoms with E-state index in [1.807, 2.05) is 6.92 Å². The molecular formula is C19H14ClFN4O2. The molecule has 0 amide bonds. The molecular weight excluding hydrogens is 371 g/mol. The molecule has 0 bridgehead atoms. The summed E-state index contributed by atoms with van der Waals surface area (Å²) in [6, 6.07) is 11.3. The second kappa shape index (κ2) is 6.85. The minimum Gasteiger partial charge on any atom is -0.494 e. The third-order valence-corrected chi connectivity index (χ3v) is 4.34. The lowest BCUT2D eigenvalue weighted by Gasteiger charge is -2.10. The average molecular weight is 385 g/mol. The smallest absolute Gasteiger partial charge is 0.251 e. The lowest BCUT2D eigenvalue weighted by Crippen LogP contribution is -2.02. The highest BCUT2D eigenvalue weighted by Crippen LogP contribution is 2.31. The van der Waals surface area contributed by atoms with Gasteiger partial charge in [0.1, 0.15) is 17.3 Å². The van der Waals surface area contributed by atoms with Crippen LogP contribution in [0.1, 0.15) is 5.69 Å². The minimum absolute atomic E-state index is 0.233. The molecule has 4 aromatic rings. The van der Waals surface area contributed by atoms with Gasteiger partial charge >= 0.3 is 0 Å². The molecule has 0 spiro atoms. The molecule has 8 heteroatoms. The molecule has 0 radical (unpaired) electrons. The molecule has 0 aliphatic rings. The van der Waals surface area contributed by atoms with E-state index in [0.717, 1.165) is 5.69 Å². The van der Waals surface area contributed by atoms with Crippen molar-refractivity contribution in [2.75, 3.05) is 7.11 Å². The zero-order valence-corrected chi connectivity index (χ0v) is 15.2. The molecule has 136 valence electrons. The van der Waals surface area contributed by atoms with Crippen LogP contribution in [0.4, 0.5) is 4.39 Å². The van der Waals surface area contributed by atoms with Gasteiger partial charge in [-0.05, 0) is 43.3 Å². The number of methoxy groups -OCH3 is 1. The van der Waals surface area contributed by atoms with E-state index in [2.05, 4.69) is 15.3 Å². The minimum atomic E-state index is -0.371. The zero-order valence-electron chi connectivity index (χ0n) is 14.5. The Kier molecular flexibility index (Phi) is 4.37. The molecule has 0 unspecified atom stereocenters. The summed E-state index contributed by atoms with van der Waals surface area (Å²) in [5.41, 5.74) is 2.63. The van der Waals surface area contributed by atoms with Crippen molar-refractivity contribution >= 4 is 11.6 Å². The number of hydrogen-bond donors (Lipinski definition) is 0. The summed E-state index contributed by atoms with van der Waals surface area (Å²) in [5.74, 6) is 0.781. The molecule has 2 aromatic heterocycles. The van der Waals surface area contributed by atoms with E-state index in [9.17, 15) is 4.39 Å². The SMILES string of the molecule is COc1ccc(Cl)cc1-n1ncc(-c2nnc(-c3cccc(F)c3)o2)c1C. The van der Waals surface area contributed by atoms with Crippen LogP contribution in [0.15, 0.2) is 53.1 Å². The van der Waals surface area contributed by atoms with Crippen LogP contribution in [-0.2, 0) is 0 Å². The maximum Gasteiger partial charge on any atom is 0.251 e. The number of halogens is 2. The van der Waals surface area contributed by atoms with Gasteiger partial charge in [-0.25, -0.2) is 9.07 Å². The summed E-state index contributed by atoms with van der Waals surface area (Å²) < 4.78 is 26.2. The van der Waals surface area contributed by atoms with E-state index in [4.69, 9.17) is 20.8 Å². The van der Waals surface area contributed by atoms with E-state index in [0.29, 0.717) is 33.5 Å². The fourth-order valence-electron chi connectivity index (χ4n) is 2.76. The lowest BCUT2D eigenvalue weighted by atomic mass is 10.2. The Morgan fingerprint density at radius 2 is 1.93 bits per heavy atom. The van der Waals surface area contributed by atoms with Crippen LogP contribution in [-0.4, -0.2) is 27.1 Å². The van der Waals surface area contributed by atoms with E-state index in [-0.39, 0.29) is 11.7 Å². The van der Waals surface area contributed by atoms with Crippen molar-refractivity contribution in [1.82, 2.24) is 20.0 Å². The average Bonchev–Trinajstić information content (AvgIpc) is 3.28. The summed E-state index contributed by atoms with van der Waals surface area (Å²) in [7, 11) is 1.58. The molecule has 0 saturated heterocycles. The molecule has 27 heavy (non-hydrogen) atoms. The third kappa shape index (κ3) is 3.17. The first kappa shape index (κ1) is 17.2. The Labute approximate surface area is 159 Å². The van der Waals surface area contributed by atoms with E-state index >= 15 is 0 Å². The molecule has 4 rings (SSSR count). The van der Waals surface area contributed by atoms with Crippen LogP contribution in [0.2, 0.25) is 5.02 Å². The van der Waals surface area contributed by atoms with Crippen LogP contribution in [0.5, 0.6) is 5.75 Å². The summed E-state index contributed by atoms with van der Waals surface area (Å²) in [6.45, 7) is 1.87. The van der Waals surface area contributed by atoms with Gasteiger partial charge in [0.05, 0.1) is 24.6 Å². The maximum absolute atomic E-state index is 13.4. The zero-order chi connectivity index (χ0) is 19.0. The first-order valence-electron chi connectivity index (χ1n) is 8.05. The monoisotopic (exact) mass is 384 g/mol. The van der Waals surface area contributed by atoms with Crippen LogP contribution in [0, 0.1) is 12.7 Å². The predicted molar refractivity (Wildman–Crippen MR) is 98.5 cm³/mol. The van der Waals surface area contributed by atoms with Crippen LogP contribution in [0.25, 0.3) is 28.6 Å². The fraction of sp³-hybridized carbons (Fsp3) is 0.105. The highest BCUT2D eigenvalue weighted by Gasteiger charge is 2.18. The Bertz CT molecular complexity index is 1120. The molecule has 2 heterocycles. The number of benzene rings is 2. The quantitative estimate of drug-likeness (QED) is 0.510. The standard InChI is InChI=1S/C19H14ClFN4O2/c1-11-15(10-22-25(11)16-9-13(20)6-7-17(16)26-2)19-24-23-18(27-19)12-4-3-5-14(21)8-12/h3-10H,1-2H3. The number of aromatic nitrogens is 4. The highest BCUT2D eigenvalue weighted by molar-refractivity contribution is 6.30. The lowest BCUT2D eigenvalue weighted by molar-refractivity contribution is 0.411. The van der Waals surface area contributed by atoms with Gasteiger partial charge < -0.3 is 9.15 Å². The van der Waals surface area contributed by atoms with Gasteiger partial charge in [-0.15, -0.1) is 10.2 Å². The molecule has 0 atom stereocenters. The third-order valence-electron chi connectivity index (χ3n) is 4.11. The van der Waals surface area contributed by atoms with Crippen LogP contribution in [0.3, 0.4) is 0 Å². The molecule has 0 fully saturated rings. The summed E-state index contributed by atoms with van der Waals surface area (Å²) >= 11 is 6.12. The highest BCUT2D eigenvalue weighted by atomic mass is 35.5. The molecule has 0 aliphatic heterocycles. The van der Waals surface area contributed by atoms with Crippen molar-refractivity contribution in [3.05, 3.63) is 65.2 Å². The van der Waals surface area contributed by atoms with Crippen molar-refractivity contribution in [1.29, 1.82) is 0 Å². The summed E-state index contributed by atoms with van der Waals surface area (Å²) in [6.07, 6.45) is 1.62. The van der Waals surface area contributed by atoms with Crippen molar-refractivity contribution in [3.63, 3.8) is 0 Å². The largest absolute Gasteiger partial charge is 0.494 e. The number of nitrogens with zero attached hydrogens (tertiary/aromatic N) is 4. The molecule has 6 nitrogen and oxygen atoms in total. The van der Waals surface area contributed by atoms with Crippen LogP contribution >= 0.6 is 11.6 Å². The number of ether oxygens (including phenoxy) is 1.